The van der Waals surface area contributed by atoms with E-state index in [1.165, 1.54) is 6.33 Å². The van der Waals surface area contributed by atoms with E-state index >= 15 is 0 Å². The van der Waals surface area contributed by atoms with Crippen LogP contribution in [0, 0.1) is 16.7 Å². The molecule has 1 saturated carbocycles. The van der Waals surface area contributed by atoms with Crippen molar-refractivity contribution in [2.45, 2.75) is 45.6 Å². The van der Waals surface area contributed by atoms with Gasteiger partial charge in [-0.3, -0.25) is 9.48 Å². The maximum absolute atomic E-state index is 12.0. The van der Waals surface area contributed by atoms with E-state index in [1.807, 2.05) is 6.92 Å². The minimum Gasteiger partial charge on any atom is -0.298 e. The van der Waals surface area contributed by atoms with Crippen molar-refractivity contribution < 1.29 is 4.79 Å². The fraction of sp³-hybridized carbons (Fsp3) is 0.667. The number of hydrogen-bond acceptors (Lipinski definition) is 4. The Bertz CT molecular complexity index is 459. The molecule has 90 valence electrons. The summed E-state index contributed by atoms with van der Waals surface area (Å²) >= 11 is 0. The van der Waals surface area contributed by atoms with Crippen LogP contribution in [-0.4, -0.2) is 20.5 Å². The van der Waals surface area contributed by atoms with Crippen molar-refractivity contribution in [1.82, 2.24) is 14.8 Å². The second-order valence-corrected chi connectivity index (χ2v) is 4.49. The van der Waals surface area contributed by atoms with Gasteiger partial charge in [0.25, 0.3) is 0 Å². The van der Waals surface area contributed by atoms with Crippen LogP contribution >= 0.6 is 0 Å². The summed E-state index contributed by atoms with van der Waals surface area (Å²) in [4.78, 5) is 16.2. The molecule has 1 aromatic heterocycles. The molecule has 0 N–H and O–H groups in total. The standard InChI is InChI=1S/C12H16N4O/c1-2-16-11(14-9-15-16)7-12(8-13)6-4-3-5-10(12)17/h9H,2-7H2,1H3. The molecule has 1 heterocycles. The van der Waals surface area contributed by atoms with Crippen molar-refractivity contribution >= 4 is 5.78 Å². The van der Waals surface area contributed by atoms with E-state index in [2.05, 4.69) is 16.2 Å². The normalized spacial score (nSPS) is 24.6. The average Bonchev–Trinajstić information content (AvgIpc) is 2.79. The van der Waals surface area contributed by atoms with Gasteiger partial charge in [-0.15, -0.1) is 0 Å². The van der Waals surface area contributed by atoms with Gasteiger partial charge in [0.1, 0.15) is 17.6 Å². The number of ketones is 1. The quantitative estimate of drug-likeness (QED) is 0.791. The van der Waals surface area contributed by atoms with Crippen LogP contribution in [0.1, 0.15) is 38.4 Å². The van der Waals surface area contributed by atoms with Gasteiger partial charge in [-0.1, -0.05) is 6.42 Å². The van der Waals surface area contributed by atoms with Gasteiger partial charge in [0.2, 0.25) is 0 Å². The molecule has 0 radical (unpaired) electrons. The number of rotatable bonds is 3. The van der Waals surface area contributed by atoms with Gasteiger partial charge in [0.05, 0.1) is 6.07 Å². The van der Waals surface area contributed by atoms with Gasteiger partial charge < -0.3 is 0 Å². The van der Waals surface area contributed by atoms with Crippen LogP contribution in [0.4, 0.5) is 0 Å². The molecule has 5 nitrogen and oxygen atoms in total. The third kappa shape index (κ3) is 2.07. The maximum atomic E-state index is 12.0. The molecule has 1 aliphatic rings. The predicted octanol–water partition coefficient (Wildman–Crippen LogP) is 1.49. The molecule has 0 bridgehead atoms. The Balaban J connectivity index is 2.26. The van der Waals surface area contributed by atoms with Crippen LogP contribution in [-0.2, 0) is 17.8 Å². The van der Waals surface area contributed by atoms with E-state index in [0.717, 1.165) is 18.7 Å². The van der Waals surface area contributed by atoms with E-state index in [0.29, 0.717) is 25.8 Å². The van der Waals surface area contributed by atoms with Crippen LogP contribution in [0.15, 0.2) is 6.33 Å². The molecule has 0 spiro atoms. The topological polar surface area (TPSA) is 71.6 Å². The second-order valence-electron chi connectivity index (χ2n) is 4.49. The van der Waals surface area contributed by atoms with Gasteiger partial charge in [0, 0.05) is 19.4 Å². The van der Waals surface area contributed by atoms with Crippen molar-refractivity contribution in [3.8, 4) is 6.07 Å². The molecule has 0 amide bonds. The first-order chi connectivity index (χ1) is 8.22. The Morgan fingerprint density at radius 2 is 2.41 bits per heavy atom. The number of Topliss-reactive ketones (excluding diaryl/α,β-unsaturated/α-hetero) is 1. The summed E-state index contributed by atoms with van der Waals surface area (Å²) in [6.07, 6.45) is 4.91. The molecule has 1 aromatic rings. The molecule has 0 aromatic carbocycles. The Morgan fingerprint density at radius 1 is 1.59 bits per heavy atom. The van der Waals surface area contributed by atoms with Crippen LogP contribution < -0.4 is 0 Å². The third-order valence-electron chi connectivity index (χ3n) is 3.46. The Labute approximate surface area is 100 Å². The summed E-state index contributed by atoms with van der Waals surface area (Å²) in [6, 6.07) is 2.23. The van der Waals surface area contributed by atoms with Gasteiger partial charge in [0.15, 0.2) is 5.78 Å². The lowest BCUT2D eigenvalue weighted by atomic mass is 9.72. The molecule has 1 unspecified atom stereocenters. The summed E-state index contributed by atoms with van der Waals surface area (Å²) in [5, 5.41) is 13.4. The zero-order chi connectivity index (χ0) is 12.3. The molecule has 5 heteroatoms. The fourth-order valence-corrected chi connectivity index (χ4v) is 2.39. The van der Waals surface area contributed by atoms with Crippen LogP contribution in [0.25, 0.3) is 0 Å². The number of hydrogen-bond donors (Lipinski definition) is 0. The van der Waals surface area contributed by atoms with Crippen molar-refractivity contribution in [3.05, 3.63) is 12.2 Å². The van der Waals surface area contributed by atoms with Crippen LogP contribution in [0.3, 0.4) is 0 Å². The minimum atomic E-state index is -0.863. The Morgan fingerprint density at radius 3 is 3.06 bits per heavy atom. The number of nitriles is 1. The van der Waals surface area contributed by atoms with Gasteiger partial charge in [-0.05, 0) is 19.8 Å². The van der Waals surface area contributed by atoms with Crippen molar-refractivity contribution in [1.29, 1.82) is 5.26 Å². The van der Waals surface area contributed by atoms with Crippen molar-refractivity contribution in [2.75, 3.05) is 0 Å². The highest BCUT2D eigenvalue weighted by Crippen LogP contribution is 2.35. The summed E-state index contributed by atoms with van der Waals surface area (Å²) in [7, 11) is 0. The lowest BCUT2D eigenvalue weighted by molar-refractivity contribution is -0.128. The van der Waals surface area contributed by atoms with Crippen molar-refractivity contribution in [2.24, 2.45) is 5.41 Å². The molecule has 0 saturated heterocycles. The second kappa shape index (κ2) is 4.66. The van der Waals surface area contributed by atoms with E-state index in [-0.39, 0.29) is 5.78 Å². The number of aromatic nitrogens is 3. The maximum Gasteiger partial charge on any atom is 0.153 e. The molecule has 1 fully saturated rings. The van der Waals surface area contributed by atoms with Gasteiger partial charge >= 0.3 is 0 Å². The minimum absolute atomic E-state index is 0.0666. The first-order valence-corrected chi connectivity index (χ1v) is 6.03. The van der Waals surface area contributed by atoms with Crippen LogP contribution in [0.5, 0.6) is 0 Å². The highest BCUT2D eigenvalue weighted by Gasteiger charge is 2.41. The van der Waals surface area contributed by atoms with Crippen LogP contribution in [0.2, 0.25) is 0 Å². The number of carbonyl (C=O) groups excluding carboxylic acids is 1. The third-order valence-corrected chi connectivity index (χ3v) is 3.46. The van der Waals surface area contributed by atoms with Crippen molar-refractivity contribution in [3.63, 3.8) is 0 Å². The Hall–Kier alpha value is -1.70. The highest BCUT2D eigenvalue weighted by atomic mass is 16.1. The predicted molar refractivity (Wildman–Crippen MR) is 60.9 cm³/mol. The summed E-state index contributed by atoms with van der Waals surface area (Å²) < 4.78 is 1.75. The molecule has 2 rings (SSSR count). The molecule has 1 atom stereocenters. The lowest BCUT2D eigenvalue weighted by Gasteiger charge is -2.28. The fourth-order valence-electron chi connectivity index (χ4n) is 2.39. The van der Waals surface area contributed by atoms with E-state index in [4.69, 9.17) is 0 Å². The molecular weight excluding hydrogens is 216 g/mol. The zero-order valence-electron chi connectivity index (χ0n) is 10.0. The monoisotopic (exact) mass is 232 g/mol. The number of carbonyl (C=O) groups is 1. The highest BCUT2D eigenvalue weighted by molar-refractivity contribution is 5.88. The Kier molecular flexibility index (Phi) is 3.23. The average molecular weight is 232 g/mol. The molecule has 1 aliphatic carbocycles. The largest absolute Gasteiger partial charge is 0.298 e. The van der Waals surface area contributed by atoms with Gasteiger partial charge in [-0.25, -0.2) is 4.98 Å². The number of aryl methyl sites for hydroxylation is 1. The first-order valence-electron chi connectivity index (χ1n) is 6.03. The van der Waals surface area contributed by atoms with E-state index < -0.39 is 5.41 Å². The molecule has 0 aliphatic heterocycles. The number of nitrogens with zero attached hydrogens (tertiary/aromatic N) is 4. The zero-order valence-corrected chi connectivity index (χ0v) is 10.0. The summed E-state index contributed by atoms with van der Waals surface area (Å²) in [5.41, 5.74) is -0.863. The van der Waals surface area contributed by atoms with Gasteiger partial charge in [-0.2, -0.15) is 10.4 Å². The molecular formula is C12H16N4O. The SMILES string of the molecule is CCn1ncnc1CC1(C#N)CCCCC1=O. The summed E-state index contributed by atoms with van der Waals surface area (Å²) in [6.45, 7) is 2.69. The molecule has 17 heavy (non-hydrogen) atoms. The first kappa shape index (κ1) is 11.8. The smallest absolute Gasteiger partial charge is 0.153 e. The van der Waals surface area contributed by atoms with E-state index in [1.54, 1.807) is 4.68 Å². The lowest BCUT2D eigenvalue weighted by Crippen LogP contribution is -2.35. The summed E-state index contributed by atoms with van der Waals surface area (Å²) in [5.74, 6) is 0.807. The van der Waals surface area contributed by atoms with E-state index in [9.17, 15) is 10.1 Å².